The van der Waals surface area contributed by atoms with E-state index in [9.17, 15) is 14.7 Å². The molecule has 13 heteroatoms. The van der Waals surface area contributed by atoms with Crippen molar-refractivity contribution in [3.63, 3.8) is 0 Å². The van der Waals surface area contributed by atoms with E-state index in [0.717, 1.165) is 72.4 Å². The van der Waals surface area contributed by atoms with Crippen molar-refractivity contribution in [2.75, 3.05) is 65.4 Å². The lowest BCUT2D eigenvalue weighted by atomic mass is 9.47. The lowest BCUT2D eigenvalue weighted by Gasteiger charge is -2.64. The molecule has 1 amide bonds. The van der Waals surface area contributed by atoms with Crippen molar-refractivity contribution in [2.24, 2.45) is 11.3 Å². The zero-order valence-corrected chi connectivity index (χ0v) is 39.0. The Bertz CT molecular complexity index is 2640. The second-order valence-corrected chi connectivity index (χ2v) is 19.8. The molecule has 0 radical (unpaired) electrons. The number of aromatic nitrogens is 1. The van der Waals surface area contributed by atoms with Gasteiger partial charge in [0.25, 0.3) is 5.91 Å². The molecular formula is C52H60ClN5O7. The van der Waals surface area contributed by atoms with Gasteiger partial charge < -0.3 is 34.5 Å². The number of halogens is 1. The highest BCUT2D eigenvalue weighted by molar-refractivity contribution is 6.30. The molecule has 1 aromatic heterocycles. The predicted molar refractivity (Wildman–Crippen MR) is 251 cm³/mol. The van der Waals surface area contributed by atoms with Gasteiger partial charge in [-0.1, -0.05) is 67.4 Å². The van der Waals surface area contributed by atoms with Gasteiger partial charge in [0.05, 0.1) is 26.8 Å². The highest BCUT2D eigenvalue weighted by Crippen LogP contribution is 2.68. The van der Waals surface area contributed by atoms with Gasteiger partial charge >= 0.3 is 11.9 Å². The van der Waals surface area contributed by atoms with Crippen LogP contribution in [0.2, 0.25) is 5.02 Å². The number of likely N-dealkylation sites (N-methyl/N-ethyl adjacent to an activating group) is 1. The molecule has 10 rings (SSSR count). The number of methoxy groups -OCH3 is 2. The van der Waals surface area contributed by atoms with Crippen molar-refractivity contribution in [1.29, 1.82) is 0 Å². The first kappa shape index (κ1) is 43.7. The van der Waals surface area contributed by atoms with E-state index in [1.807, 2.05) is 19.2 Å². The number of rotatable bonds is 9. The number of nitrogens with one attached hydrogen (secondary N) is 2. The monoisotopic (exact) mass is 901 g/mol. The Morgan fingerprint density at radius 1 is 1.02 bits per heavy atom. The van der Waals surface area contributed by atoms with E-state index in [-0.39, 0.29) is 30.4 Å². The second-order valence-electron chi connectivity index (χ2n) is 19.4. The number of carbonyl (C=O) groups excluding carboxylic acids is 3. The van der Waals surface area contributed by atoms with Gasteiger partial charge in [-0.2, -0.15) is 0 Å². The van der Waals surface area contributed by atoms with Crippen LogP contribution in [0.25, 0.3) is 10.9 Å². The number of hydrogen-bond donors (Lipinski definition) is 3. The maximum absolute atomic E-state index is 15.5. The van der Waals surface area contributed by atoms with Crippen molar-refractivity contribution in [3.05, 3.63) is 117 Å². The Balaban J connectivity index is 1.23. The molecule has 6 aliphatic rings. The Kier molecular flexibility index (Phi) is 10.8. The van der Waals surface area contributed by atoms with Crippen LogP contribution in [0, 0.1) is 11.3 Å². The van der Waals surface area contributed by atoms with E-state index in [4.69, 9.17) is 25.8 Å². The van der Waals surface area contributed by atoms with Crippen LogP contribution >= 0.6 is 11.6 Å². The molecule has 9 atom stereocenters. The number of para-hydroxylation sites is 1. The molecule has 1 saturated carbocycles. The Morgan fingerprint density at radius 2 is 1.80 bits per heavy atom. The topological polar surface area (TPSA) is 137 Å². The number of anilines is 1. The molecule has 12 nitrogen and oxygen atoms in total. The molecule has 1 saturated heterocycles. The summed E-state index contributed by atoms with van der Waals surface area (Å²) in [6.45, 7) is 9.43. The Labute approximate surface area is 385 Å². The quantitative estimate of drug-likeness (QED) is 0.123. The standard InChI is InChI=1S/C52H60ClN5O7/c1-7-32-24-33-27-51(48(61)64-6,43-37(18-22-57(28-32)29-33)36-12-9-10-13-40(36)55-43)39-25-38-41(26-42(39)63-5)56(4)46-50(38)20-23-58-21-11-19-49(8-2,45(50)58)47(65-31(3)59)52(46,62)30-54-44(60)34-14-16-35(53)17-15-34/h9-17,19,24-26,33,45-47,55,62H,7-8,18,20-23,27-30H2,1-6H3,(H,54,60)/t33-,45?,46+,47+,49+,50+,51-,52-/m0/s1. The third kappa shape index (κ3) is 6.30. The van der Waals surface area contributed by atoms with Gasteiger partial charge in [-0.25, -0.2) is 0 Å². The summed E-state index contributed by atoms with van der Waals surface area (Å²) in [6.07, 6.45) is 8.95. The van der Waals surface area contributed by atoms with Gasteiger partial charge in [-0.3, -0.25) is 24.2 Å². The molecule has 65 heavy (non-hydrogen) atoms. The van der Waals surface area contributed by atoms with E-state index in [2.05, 4.69) is 81.3 Å². The SMILES string of the molecule is CCC1=C[C@@H]2CN(CCc3c([nH]c4ccccc34)[C@@](C(=O)OC)(c3cc4c(cc3OC)N(C)[C@H]3[C@@](O)(CNC(=O)c5ccc(Cl)cc5)[C@H](OC(C)=O)[C@]5(CC)C=CCN6CC[C@]43C65)C2)C1. The molecule has 5 aliphatic heterocycles. The van der Waals surface area contributed by atoms with E-state index >= 15 is 4.79 Å². The summed E-state index contributed by atoms with van der Waals surface area (Å²) in [7, 11) is 5.11. The molecule has 6 heterocycles. The molecule has 342 valence electrons. The van der Waals surface area contributed by atoms with E-state index in [0.29, 0.717) is 47.7 Å². The molecule has 4 aromatic rings. The fourth-order valence-electron chi connectivity index (χ4n) is 13.9. The van der Waals surface area contributed by atoms with Gasteiger partial charge in [0.1, 0.15) is 22.9 Å². The maximum Gasteiger partial charge on any atom is 0.322 e. The summed E-state index contributed by atoms with van der Waals surface area (Å²) in [6, 6.07) is 18.2. The number of ether oxygens (including phenoxy) is 3. The molecule has 2 fully saturated rings. The number of H-pyrrole nitrogens is 1. The van der Waals surface area contributed by atoms with Crippen LogP contribution in [0.4, 0.5) is 5.69 Å². The molecule has 1 aliphatic carbocycles. The van der Waals surface area contributed by atoms with E-state index in [1.165, 1.54) is 19.6 Å². The fraction of sp³-hybridized carbons (Fsp3) is 0.481. The van der Waals surface area contributed by atoms with Crippen LogP contribution in [0.1, 0.15) is 79.2 Å². The first-order valence-corrected chi connectivity index (χ1v) is 23.6. The van der Waals surface area contributed by atoms with Crippen LogP contribution in [-0.2, 0) is 36.3 Å². The van der Waals surface area contributed by atoms with Crippen LogP contribution < -0.4 is 15.0 Å². The van der Waals surface area contributed by atoms with Gasteiger partial charge in [0.15, 0.2) is 0 Å². The number of amides is 1. The lowest BCUT2D eigenvalue weighted by molar-refractivity contribution is -0.216. The summed E-state index contributed by atoms with van der Waals surface area (Å²) in [5, 5.41) is 18.6. The lowest BCUT2D eigenvalue weighted by Crippen LogP contribution is -2.81. The van der Waals surface area contributed by atoms with Crippen molar-refractivity contribution in [3.8, 4) is 5.75 Å². The molecule has 3 N–H and O–H groups in total. The minimum atomic E-state index is -1.82. The molecular weight excluding hydrogens is 842 g/mol. The van der Waals surface area contributed by atoms with Crippen LogP contribution in [0.15, 0.2) is 84.5 Å². The predicted octanol–water partition coefficient (Wildman–Crippen LogP) is 6.71. The fourth-order valence-corrected chi connectivity index (χ4v) is 14.1. The molecule has 2 bridgehead atoms. The number of aliphatic hydroxyl groups is 1. The third-order valence-corrected chi connectivity index (χ3v) is 16.5. The second kappa shape index (κ2) is 16.0. The number of aromatic amines is 1. The van der Waals surface area contributed by atoms with Crippen LogP contribution in [-0.4, -0.2) is 122 Å². The van der Waals surface area contributed by atoms with Gasteiger partial charge in [-0.15, -0.1) is 0 Å². The zero-order valence-electron chi connectivity index (χ0n) is 38.2. The molecule has 1 spiro atoms. The number of carbonyl (C=O) groups is 3. The largest absolute Gasteiger partial charge is 0.496 e. The van der Waals surface area contributed by atoms with Crippen molar-refractivity contribution < 1.29 is 33.7 Å². The third-order valence-electron chi connectivity index (χ3n) is 16.3. The van der Waals surface area contributed by atoms with Crippen molar-refractivity contribution >= 4 is 46.0 Å². The molecule has 2 unspecified atom stereocenters. The molecule has 3 aromatic carbocycles. The van der Waals surface area contributed by atoms with Crippen LogP contribution in [0.5, 0.6) is 5.75 Å². The number of benzene rings is 3. The minimum absolute atomic E-state index is 0.0217. The summed E-state index contributed by atoms with van der Waals surface area (Å²) in [5.41, 5.74) is 2.35. The number of esters is 2. The average Bonchev–Trinajstić information content (AvgIpc) is 3.97. The highest BCUT2D eigenvalue weighted by Gasteiger charge is 2.78. The Hall–Kier alpha value is -5.14. The van der Waals surface area contributed by atoms with Gasteiger partial charge in [0.2, 0.25) is 0 Å². The van der Waals surface area contributed by atoms with E-state index in [1.54, 1.807) is 31.4 Å². The Morgan fingerprint density at radius 3 is 2.52 bits per heavy atom. The normalized spacial score (nSPS) is 32.2. The number of hydrogen-bond acceptors (Lipinski definition) is 10. The van der Waals surface area contributed by atoms with Crippen molar-refractivity contribution in [1.82, 2.24) is 20.1 Å². The van der Waals surface area contributed by atoms with E-state index < -0.39 is 40.0 Å². The number of fused-ring (bicyclic) bond motifs is 6. The smallest absolute Gasteiger partial charge is 0.322 e. The van der Waals surface area contributed by atoms with Gasteiger partial charge in [0, 0.05) is 102 Å². The number of nitrogens with zero attached hydrogens (tertiary/aromatic N) is 3. The summed E-state index contributed by atoms with van der Waals surface area (Å²) in [4.78, 5) is 53.7. The first-order chi connectivity index (χ1) is 31.3. The van der Waals surface area contributed by atoms with Crippen molar-refractivity contribution in [2.45, 2.75) is 87.5 Å². The minimum Gasteiger partial charge on any atom is -0.496 e. The summed E-state index contributed by atoms with van der Waals surface area (Å²) < 4.78 is 18.9. The average molecular weight is 903 g/mol. The van der Waals surface area contributed by atoms with Crippen LogP contribution in [0.3, 0.4) is 0 Å². The highest BCUT2D eigenvalue weighted by atomic mass is 35.5. The first-order valence-electron chi connectivity index (χ1n) is 23.2. The maximum atomic E-state index is 15.5. The summed E-state index contributed by atoms with van der Waals surface area (Å²) >= 11 is 6.20. The van der Waals surface area contributed by atoms with Gasteiger partial charge in [-0.05, 0) is 92.1 Å². The zero-order chi connectivity index (χ0) is 45.6. The summed E-state index contributed by atoms with van der Waals surface area (Å²) in [5.74, 6) is -0.717.